The Balaban J connectivity index is 1.88. The van der Waals surface area contributed by atoms with E-state index in [0.29, 0.717) is 11.8 Å². The smallest absolute Gasteiger partial charge is 0.0960 e. The second-order valence-corrected chi connectivity index (χ2v) is 5.58. The van der Waals surface area contributed by atoms with E-state index in [1.807, 2.05) is 0 Å². The number of aliphatic hydroxyl groups is 1. The normalized spacial score (nSPS) is 37.7. The van der Waals surface area contributed by atoms with Crippen molar-refractivity contribution >= 4 is 11.8 Å². The molecule has 1 nitrogen and oxygen atoms in total. The van der Waals surface area contributed by atoms with Crippen LogP contribution in [-0.2, 0) is 5.60 Å². The van der Waals surface area contributed by atoms with Crippen LogP contribution in [0.5, 0.6) is 0 Å². The first kappa shape index (κ1) is 9.73. The molecule has 2 atom stereocenters. The molecule has 15 heavy (non-hydrogen) atoms. The van der Waals surface area contributed by atoms with Gasteiger partial charge in [0.1, 0.15) is 0 Å². The molecule has 0 radical (unpaired) electrons. The van der Waals surface area contributed by atoms with Gasteiger partial charge in [0.25, 0.3) is 0 Å². The van der Waals surface area contributed by atoms with Gasteiger partial charge in [0.2, 0.25) is 0 Å². The fourth-order valence-corrected chi connectivity index (χ4v) is 3.62. The summed E-state index contributed by atoms with van der Waals surface area (Å²) in [7, 11) is 0. The fraction of sp³-hybridized carbons (Fsp3) is 0.538. The number of fused-ring (bicyclic) bond motifs is 1. The average molecular weight is 220 g/mol. The van der Waals surface area contributed by atoms with E-state index in [1.165, 1.54) is 24.2 Å². The highest BCUT2D eigenvalue weighted by Crippen LogP contribution is 2.66. The van der Waals surface area contributed by atoms with Crippen molar-refractivity contribution in [3.63, 3.8) is 0 Å². The van der Waals surface area contributed by atoms with Gasteiger partial charge in [0, 0.05) is 4.90 Å². The predicted octanol–water partition coefficient (Wildman–Crippen LogP) is 3.03. The van der Waals surface area contributed by atoms with Gasteiger partial charge in [-0.25, -0.2) is 0 Å². The van der Waals surface area contributed by atoms with Crippen LogP contribution < -0.4 is 0 Å². The molecule has 0 spiro atoms. The zero-order valence-corrected chi connectivity index (χ0v) is 9.76. The topological polar surface area (TPSA) is 20.2 Å². The third-order valence-electron chi connectivity index (χ3n) is 4.09. The third kappa shape index (κ3) is 1.28. The molecule has 0 saturated heterocycles. The number of hydrogen-bond donors (Lipinski definition) is 1. The van der Waals surface area contributed by atoms with E-state index >= 15 is 0 Å². The maximum absolute atomic E-state index is 10.5. The number of benzene rings is 1. The van der Waals surface area contributed by atoms with Gasteiger partial charge in [-0.1, -0.05) is 18.6 Å². The first-order chi connectivity index (χ1) is 7.26. The second-order valence-electron chi connectivity index (χ2n) is 4.70. The van der Waals surface area contributed by atoms with Gasteiger partial charge in [-0.05, 0) is 48.6 Å². The van der Waals surface area contributed by atoms with Crippen LogP contribution in [-0.4, -0.2) is 11.4 Å². The molecule has 0 heterocycles. The van der Waals surface area contributed by atoms with Gasteiger partial charge < -0.3 is 5.11 Å². The van der Waals surface area contributed by atoms with E-state index < -0.39 is 5.60 Å². The van der Waals surface area contributed by atoms with Gasteiger partial charge >= 0.3 is 0 Å². The minimum atomic E-state index is -0.463. The van der Waals surface area contributed by atoms with Crippen molar-refractivity contribution in [3.8, 4) is 0 Å². The summed E-state index contributed by atoms with van der Waals surface area (Å²) >= 11 is 1.75. The van der Waals surface area contributed by atoms with Crippen LogP contribution in [0.1, 0.15) is 24.8 Å². The summed E-state index contributed by atoms with van der Waals surface area (Å²) in [4.78, 5) is 1.27. The molecule has 1 aromatic rings. The highest BCUT2D eigenvalue weighted by molar-refractivity contribution is 7.98. The molecule has 0 bridgehead atoms. The maximum atomic E-state index is 10.5. The van der Waals surface area contributed by atoms with Gasteiger partial charge in [0.05, 0.1) is 5.60 Å². The quantitative estimate of drug-likeness (QED) is 0.773. The highest BCUT2D eigenvalue weighted by Gasteiger charge is 2.66. The van der Waals surface area contributed by atoms with E-state index in [0.717, 1.165) is 5.56 Å². The van der Waals surface area contributed by atoms with Crippen LogP contribution in [0.25, 0.3) is 0 Å². The van der Waals surface area contributed by atoms with Crippen molar-refractivity contribution < 1.29 is 5.11 Å². The third-order valence-corrected chi connectivity index (χ3v) is 4.83. The van der Waals surface area contributed by atoms with E-state index in [2.05, 4.69) is 30.5 Å². The van der Waals surface area contributed by atoms with Crippen LogP contribution >= 0.6 is 11.8 Å². The molecular formula is C13H16OS. The molecule has 2 fully saturated rings. The van der Waals surface area contributed by atoms with Crippen molar-refractivity contribution in [2.45, 2.75) is 29.8 Å². The molecule has 2 saturated carbocycles. The lowest BCUT2D eigenvalue weighted by molar-refractivity contribution is 0.105. The Morgan fingerprint density at radius 1 is 1.20 bits per heavy atom. The fourth-order valence-electron chi connectivity index (χ4n) is 3.21. The Labute approximate surface area is 94.9 Å². The van der Waals surface area contributed by atoms with Crippen LogP contribution in [0, 0.1) is 11.8 Å². The highest BCUT2D eigenvalue weighted by atomic mass is 32.2. The number of rotatable bonds is 2. The number of thioether (sulfide) groups is 1. The summed E-state index contributed by atoms with van der Waals surface area (Å²) < 4.78 is 0. The van der Waals surface area contributed by atoms with E-state index in [4.69, 9.17) is 0 Å². The van der Waals surface area contributed by atoms with Crippen molar-refractivity contribution in [1.82, 2.24) is 0 Å². The van der Waals surface area contributed by atoms with Gasteiger partial charge in [-0.15, -0.1) is 11.8 Å². The minimum Gasteiger partial charge on any atom is -0.385 e. The Kier molecular flexibility index (Phi) is 2.12. The summed E-state index contributed by atoms with van der Waals surface area (Å²) in [5.74, 6) is 1.11. The van der Waals surface area contributed by atoms with E-state index in [9.17, 15) is 5.11 Å². The maximum Gasteiger partial charge on any atom is 0.0960 e. The van der Waals surface area contributed by atoms with E-state index in [-0.39, 0.29) is 0 Å². The molecule has 80 valence electrons. The van der Waals surface area contributed by atoms with E-state index in [1.54, 1.807) is 11.8 Å². The average Bonchev–Trinajstić information content (AvgIpc) is 2.71. The Morgan fingerprint density at radius 2 is 1.80 bits per heavy atom. The van der Waals surface area contributed by atoms with Crippen LogP contribution in [0.3, 0.4) is 0 Å². The lowest BCUT2D eigenvalue weighted by Crippen LogP contribution is -2.12. The van der Waals surface area contributed by atoms with Crippen molar-refractivity contribution in [2.24, 2.45) is 11.8 Å². The molecule has 0 aromatic heterocycles. The first-order valence-electron chi connectivity index (χ1n) is 5.63. The molecule has 2 unspecified atom stereocenters. The minimum absolute atomic E-state index is 0.463. The van der Waals surface area contributed by atoms with Crippen molar-refractivity contribution in [3.05, 3.63) is 29.8 Å². The summed E-state index contributed by atoms with van der Waals surface area (Å²) in [6, 6.07) is 8.44. The van der Waals surface area contributed by atoms with Crippen LogP contribution in [0.4, 0.5) is 0 Å². The second kappa shape index (κ2) is 3.26. The molecule has 1 aromatic carbocycles. The van der Waals surface area contributed by atoms with Crippen molar-refractivity contribution in [2.75, 3.05) is 6.26 Å². The molecule has 1 N–H and O–H groups in total. The molecule has 2 heteroatoms. The van der Waals surface area contributed by atoms with Crippen LogP contribution in [0.2, 0.25) is 0 Å². The van der Waals surface area contributed by atoms with Crippen LogP contribution in [0.15, 0.2) is 29.2 Å². The summed E-state index contributed by atoms with van der Waals surface area (Å²) in [5, 5.41) is 10.5. The number of hydrogen-bond acceptors (Lipinski definition) is 2. The molecule has 3 rings (SSSR count). The monoisotopic (exact) mass is 220 g/mol. The lowest BCUT2D eigenvalue weighted by atomic mass is 9.99. The lowest BCUT2D eigenvalue weighted by Gasteiger charge is -2.14. The van der Waals surface area contributed by atoms with Crippen molar-refractivity contribution in [1.29, 1.82) is 0 Å². The SMILES string of the molecule is CSc1ccc(C2(O)C3CCCC32)cc1. The molecular weight excluding hydrogens is 204 g/mol. The summed E-state index contributed by atoms with van der Waals surface area (Å²) in [6.07, 6.45) is 5.81. The first-order valence-corrected chi connectivity index (χ1v) is 6.86. The molecule has 2 aliphatic carbocycles. The summed E-state index contributed by atoms with van der Waals surface area (Å²) in [6.45, 7) is 0. The van der Waals surface area contributed by atoms with Gasteiger partial charge in [-0.2, -0.15) is 0 Å². The molecule has 2 aliphatic rings. The zero-order valence-electron chi connectivity index (χ0n) is 8.94. The summed E-state index contributed by atoms with van der Waals surface area (Å²) in [5.41, 5.74) is 0.671. The zero-order chi connectivity index (χ0) is 10.5. The van der Waals surface area contributed by atoms with Gasteiger partial charge in [-0.3, -0.25) is 0 Å². The Morgan fingerprint density at radius 3 is 2.33 bits per heavy atom. The van der Waals surface area contributed by atoms with Gasteiger partial charge in [0.15, 0.2) is 0 Å². The standard InChI is InChI=1S/C13H16OS/c1-15-10-7-5-9(6-8-10)13(14)11-3-2-4-12(11)13/h5-8,11-12,14H,2-4H2,1H3. The Bertz CT molecular complexity index is 361. The predicted molar refractivity (Wildman–Crippen MR) is 63.0 cm³/mol. The molecule has 0 aliphatic heterocycles. The Hall–Kier alpha value is -0.470. The largest absolute Gasteiger partial charge is 0.385 e. The molecule has 0 amide bonds.